The first-order valence-electron chi connectivity index (χ1n) is 6.83. The summed E-state index contributed by atoms with van der Waals surface area (Å²) in [6, 6.07) is 6.96. The van der Waals surface area contributed by atoms with Crippen molar-refractivity contribution in [2.24, 2.45) is 0 Å². The van der Waals surface area contributed by atoms with Gasteiger partial charge in [-0.3, -0.25) is 9.59 Å². The quantitative estimate of drug-likeness (QED) is 0.846. The van der Waals surface area contributed by atoms with Gasteiger partial charge in [0.05, 0.1) is 6.10 Å². The molecule has 1 aromatic carbocycles. The van der Waals surface area contributed by atoms with Crippen molar-refractivity contribution in [2.75, 3.05) is 6.54 Å². The maximum Gasteiger partial charge on any atom is 0.307 e. The number of hydrogen-bond acceptors (Lipinski definition) is 4. The van der Waals surface area contributed by atoms with Crippen molar-refractivity contribution in [3.8, 4) is 0 Å². The molecule has 118 valence electrons. The predicted octanol–water partition coefficient (Wildman–Crippen LogP) is 2.11. The number of aliphatic hydroxyl groups excluding tert-OH is 1. The van der Waals surface area contributed by atoms with E-state index in [9.17, 15) is 14.7 Å². The highest BCUT2D eigenvalue weighted by molar-refractivity contribution is 7.07. The van der Waals surface area contributed by atoms with Gasteiger partial charge in [0.2, 0.25) is 5.91 Å². The summed E-state index contributed by atoms with van der Waals surface area (Å²) >= 11 is 7.11. The number of amides is 1. The highest BCUT2D eigenvalue weighted by atomic mass is 35.5. The fourth-order valence-corrected chi connectivity index (χ4v) is 3.06. The summed E-state index contributed by atoms with van der Waals surface area (Å²) in [5.74, 6) is -0.219. The SMILES string of the molecule is Cc1csc(=O)n1CCC(=O)NCC(O)c1ccccc1Cl. The minimum atomic E-state index is -0.858. The number of halogens is 1. The van der Waals surface area contributed by atoms with Crippen molar-refractivity contribution in [2.45, 2.75) is 26.0 Å². The number of thiazole rings is 1. The predicted molar refractivity (Wildman–Crippen MR) is 87.4 cm³/mol. The van der Waals surface area contributed by atoms with Crippen LogP contribution in [-0.4, -0.2) is 22.1 Å². The van der Waals surface area contributed by atoms with E-state index in [1.165, 1.54) is 0 Å². The Balaban J connectivity index is 1.83. The molecule has 0 fully saturated rings. The van der Waals surface area contributed by atoms with Gasteiger partial charge in [-0.2, -0.15) is 0 Å². The summed E-state index contributed by atoms with van der Waals surface area (Å²) in [5.41, 5.74) is 1.42. The van der Waals surface area contributed by atoms with E-state index in [-0.39, 0.29) is 23.7 Å². The first-order valence-corrected chi connectivity index (χ1v) is 8.09. The Hall–Kier alpha value is -1.63. The van der Waals surface area contributed by atoms with Gasteiger partial charge in [0.1, 0.15) is 0 Å². The average Bonchev–Trinajstić information content (AvgIpc) is 2.82. The van der Waals surface area contributed by atoms with Crippen LogP contribution in [0, 0.1) is 6.92 Å². The zero-order chi connectivity index (χ0) is 16.1. The summed E-state index contributed by atoms with van der Waals surface area (Å²) in [7, 11) is 0. The number of carbonyl (C=O) groups is 1. The van der Waals surface area contributed by atoms with Crippen LogP contribution in [0.2, 0.25) is 5.02 Å². The fourth-order valence-electron chi connectivity index (χ4n) is 2.04. The van der Waals surface area contributed by atoms with Gasteiger partial charge < -0.3 is 15.0 Å². The second kappa shape index (κ2) is 7.58. The van der Waals surface area contributed by atoms with Gasteiger partial charge in [0.25, 0.3) is 0 Å². The van der Waals surface area contributed by atoms with Gasteiger partial charge >= 0.3 is 4.87 Å². The number of rotatable bonds is 6. The molecule has 0 saturated heterocycles. The van der Waals surface area contributed by atoms with E-state index in [1.54, 1.807) is 34.2 Å². The van der Waals surface area contributed by atoms with Gasteiger partial charge in [-0.05, 0) is 13.0 Å². The third-order valence-corrected chi connectivity index (χ3v) is 4.52. The van der Waals surface area contributed by atoms with Crippen molar-refractivity contribution >= 4 is 28.8 Å². The zero-order valence-corrected chi connectivity index (χ0v) is 13.7. The number of benzene rings is 1. The number of hydrogen-bond donors (Lipinski definition) is 2. The Kier molecular flexibility index (Phi) is 5.76. The van der Waals surface area contributed by atoms with Crippen LogP contribution in [0.1, 0.15) is 23.8 Å². The van der Waals surface area contributed by atoms with Gasteiger partial charge in [-0.15, -0.1) is 0 Å². The normalized spacial score (nSPS) is 12.1. The van der Waals surface area contributed by atoms with E-state index < -0.39 is 6.10 Å². The van der Waals surface area contributed by atoms with Gasteiger partial charge in [0, 0.05) is 41.2 Å². The first kappa shape index (κ1) is 16.7. The second-order valence-corrected chi connectivity index (χ2v) is 6.11. The van der Waals surface area contributed by atoms with Crippen LogP contribution < -0.4 is 10.2 Å². The molecule has 1 atom stereocenters. The molecular formula is C15H17ClN2O3S. The highest BCUT2D eigenvalue weighted by Gasteiger charge is 2.13. The third kappa shape index (κ3) is 4.19. The van der Waals surface area contributed by atoms with Crippen molar-refractivity contribution in [3.63, 3.8) is 0 Å². The van der Waals surface area contributed by atoms with Crippen LogP contribution in [0.25, 0.3) is 0 Å². The molecule has 0 saturated carbocycles. The lowest BCUT2D eigenvalue weighted by Crippen LogP contribution is -2.30. The smallest absolute Gasteiger partial charge is 0.307 e. The molecule has 7 heteroatoms. The number of carbonyl (C=O) groups excluding carboxylic acids is 1. The van der Waals surface area contributed by atoms with E-state index >= 15 is 0 Å². The van der Waals surface area contributed by atoms with E-state index in [1.807, 2.05) is 6.92 Å². The van der Waals surface area contributed by atoms with E-state index in [2.05, 4.69) is 5.32 Å². The van der Waals surface area contributed by atoms with Crippen LogP contribution >= 0.6 is 22.9 Å². The summed E-state index contributed by atoms with van der Waals surface area (Å²) in [6.07, 6.45) is -0.671. The molecule has 5 nitrogen and oxygen atoms in total. The number of nitrogens with zero attached hydrogens (tertiary/aromatic N) is 1. The Bertz CT molecular complexity index is 711. The summed E-state index contributed by atoms with van der Waals surface area (Å²) in [6.45, 7) is 2.25. The Morgan fingerprint density at radius 1 is 1.45 bits per heavy atom. The minimum Gasteiger partial charge on any atom is -0.387 e. The number of aryl methyl sites for hydroxylation is 1. The van der Waals surface area contributed by atoms with Gasteiger partial charge in [0.15, 0.2) is 0 Å². The molecule has 1 amide bonds. The van der Waals surface area contributed by atoms with E-state index in [0.717, 1.165) is 17.0 Å². The molecule has 0 spiro atoms. The summed E-state index contributed by atoms with van der Waals surface area (Å²) in [5, 5.41) is 14.9. The molecule has 0 aliphatic heterocycles. The lowest BCUT2D eigenvalue weighted by Gasteiger charge is -2.13. The lowest BCUT2D eigenvalue weighted by atomic mass is 10.1. The topological polar surface area (TPSA) is 71.3 Å². The second-order valence-electron chi connectivity index (χ2n) is 4.89. The monoisotopic (exact) mass is 340 g/mol. The number of aliphatic hydroxyl groups is 1. The van der Waals surface area contributed by atoms with E-state index in [0.29, 0.717) is 17.1 Å². The highest BCUT2D eigenvalue weighted by Crippen LogP contribution is 2.21. The molecule has 0 bridgehead atoms. The summed E-state index contributed by atoms with van der Waals surface area (Å²) < 4.78 is 1.56. The van der Waals surface area contributed by atoms with Crippen molar-refractivity contribution in [1.29, 1.82) is 0 Å². The molecule has 0 radical (unpaired) electrons. The maximum atomic E-state index is 11.8. The maximum absolute atomic E-state index is 11.8. The van der Waals surface area contributed by atoms with Crippen LogP contribution in [0.15, 0.2) is 34.4 Å². The Labute approximate surface area is 137 Å². The van der Waals surface area contributed by atoms with Crippen LogP contribution in [0.3, 0.4) is 0 Å². The number of aromatic nitrogens is 1. The molecule has 1 unspecified atom stereocenters. The average molecular weight is 341 g/mol. The lowest BCUT2D eigenvalue weighted by molar-refractivity contribution is -0.121. The molecule has 0 aliphatic rings. The van der Waals surface area contributed by atoms with E-state index in [4.69, 9.17) is 11.6 Å². The molecule has 0 aliphatic carbocycles. The molecule has 2 N–H and O–H groups in total. The van der Waals surface area contributed by atoms with Crippen molar-refractivity contribution in [1.82, 2.24) is 9.88 Å². The molecule has 22 heavy (non-hydrogen) atoms. The molecular weight excluding hydrogens is 324 g/mol. The zero-order valence-electron chi connectivity index (χ0n) is 12.1. The van der Waals surface area contributed by atoms with Gasteiger partial charge in [-0.25, -0.2) is 0 Å². The molecule has 2 rings (SSSR count). The molecule has 2 aromatic rings. The standard InChI is InChI=1S/C15H17ClN2O3S/c1-10-9-22-15(21)18(10)7-6-14(20)17-8-13(19)11-4-2-3-5-12(11)16/h2-5,9,13,19H,6-8H2,1H3,(H,17,20). The van der Waals surface area contributed by atoms with Crippen LogP contribution in [-0.2, 0) is 11.3 Å². The first-order chi connectivity index (χ1) is 10.5. The van der Waals surface area contributed by atoms with Crippen molar-refractivity contribution < 1.29 is 9.90 Å². The Morgan fingerprint density at radius 3 is 2.82 bits per heavy atom. The Morgan fingerprint density at radius 2 is 2.18 bits per heavy atom. The minimum absolute atomic E-state index is 0.0681. The molecule has 1 aromatic heterocycles. The summed E-state index contributed by atoms with van der Waals surface area (Å²) in [4.78, 5) is 23.3. The van der Waals surface area contributed by atoms with Crippen molar-refractivity contribution in [3.05, 3.63) is 55.6 Å². The third-order valence-electron chi connectivity index (χ3n) is 3.30. The largest absolute Gasteiger partial charge is 0.387 e. The van der Waals surface area contributed by atoms with Gasteiger partial charge in [-0.1, -0.05) is 41.1 Å². The number of nitrogens with one attached hydrogen (secondary N) is 1. The fraction of sp³-hybridized carbons (Fsp3) is 0.333. The van der Waals surface area contributed by atoms with Crippen LogP contribution in [0.5, 0.6) is 0 Å². The molecule has 1 heterocycles. The van der Waals surface area contributed by atoms with Crippen LogP contribution in [0.4, 0.5) is 0 Å².